The van der Waals surface area contributed by atoms with Crippen molar-refractivity contribution in [3.05, 3.63) is 40.4 Å². The molecule has 5 nitrogen and oxygen atoms in total. The molecule has 1 saturated heterocycles. The molecule has 112 valence electrons. The molecule has 3 rings (SSSR count). The van der Waals surface area contributed by atoms with Crippen molar-refractivity contribution >= 4 is 10.9 Å². The molecule has 1 aliphatic heterocycles. The lowest BCUT2D eigenvalue weighted by Gasteiger charge is -2.32. The fourth-order valence-electron chi connectivity index (χ4n) is 2.87. The molecule has 0 atom stereocenters. The van der Waals surface area contributed by atoms with Gasteiger partial charge in [-0.15, -0.1) is 0 Å². The lowest BCUT2D eigenvalue weighted by molar-refractivity contribution is 0.143. The number of nitrogens with zero attached hydrogens (tertiary/aromatic N) is 4. The van der Waals surface area contributed by atoms with E-state index in [0.717, 1.165) is 44.1 Å². The van der Waals surface area contributed by atoms with Gasteiger partial charge in [0.2, 0.25) is 0 Å². The van der Waals surface area contributed by atoms with Crippen molar-refractivity contribution in [2.75, 3.05) is 33.2 Å². The molecule has 0 bridgehead atoms. The molecule has 1 aromatic carbocycles. The topological polar surface area (TPSA) is 41.4 Å². The Balaban J connectivity index is 1.95. The molecule has 2 heterocycles. The molecule has 2 aromatic rings. The molecule has 0 amide bonds. The van der Waals surface area contributed by atoms with Crippen LogP contribution in [0.25, 0.3) is 10.9 Å². The summed E-state index contributed by atoms with van der Waals surface area (Å²) < 4.78 is 1.81. The first kappa shape index (κ1) is 14.2. The van der Waals surface area contributed by atoms with Gasteiger partial charge in [0.15, 0.2) is 0 Å². The molecular formula is C16H22N4O. The Morgan fingerprint density at radius 3 is 2.57 bits per heavy atom. The van der Waals surface area contributed by atoms with Crippen LogP contribution in [0.4, 0.5) is 0 Å². The molecule has 0 radical (unpaired) electrons. The Hall–Kier alpha value is -1.72. The molecule has 21 heavy (non-hydrogen) atoms. The molecular weight excluding hydrogens is 264 g/mol. The molecule has 1 fully saturated rings. The number of piperazine rings is 1. The maximum Gasteiger partial charge on any atom is 0.261 e. The first-order valence-electron chi connectivity index (χ1n) is 7.58. The summed E-state index contributed by atoms with van der Waals surface area (Å²) in [6.45, 7) is 7.63. The summed E-state index contributed by atoms with van der Waals surface area (Å²) in [4.78, 5) is 22.0. The lowest BCUT2D eigenvalue weighted by atomic mass is 10.2. The Bertz CT molecular complexity index is 686. The van der Waals surface area contributed by atoms with Crippen molar-refractivity contribution in [1.82, 2.24) is 19.4 Å². The van der Waals surface area contributed by atoms with E-state index < -0.39 is 0 Å². The minimum absolute atomic E-state index is 0.0761. The molecule has 0 unspecified atom stereocenters. The molecule has 1 aromatic heterocycles. The zero-order chi connectivity index (χ0) is 14.8. The maximum atomic E-state index is 12.6. The third kappa shape index (κ3) is 2.84. The highest BCUT2D eigenvalue weighted by atomic mass is 16.1. The predicted molar refractivity (Wildman–Crippen MR) is 84.5 cm³/mol. The van der Waals surface area contributed by atoms with Crippen LogP contribution >= 0.6 is 0 Å². The average molecular weight is 286 g/mol. The largest absolute Gasteiger partial charge is 0.304 e. The number of hydrogen-bond donors (Lipinski definition) is 0. The van der Waals surface area contributed by atoms with Crippen LogP contribution < -0.4 is 5.56 Å². The Labute approximate surface area is 124 Å². The van der Waals surface area contributed by atoms with Gasteiger partial charge in [-0.25, -0.2) is 4.98 Å². The first-order chi connectivity index (χ1) is 10.2. The Morgan fingerprint density at radius 2 is 1.86 bits per heavy atom. The number of likely N-dealkylation sites (N-methyl/N-ethyl adjacent to an activating group) is 1. The fourth-order valence-corrected chi connectivity index (χ4v) is 2.87. The number of rotatable bonds is 3. The number of benzene rings is 1. The van der Waals surface area contributed by atoms with Crippen molar-refractivity contribution in [2.24, 2.45) is 0 Å². The number of fused-ring (bicyclic) bond motifs is 1. The van der Waals surface area contributed by atoms with E-state index in [1.165, 1.54) is 0 Å². The molecule has 0 aliphatic carbocycles. The summed E-state index contributed by atoms with van der Waals surface area (Å²) in [6.07, 6.45) is 0. The first-order valence-corrected chi connectivity index (χ1v) is 7.58. The summed E-state index contributed by atoms with van der Waals surface area (Å²) in [5.74, 6) is 0.880. The SMILES string of the molecule is CCn1c(CN2CCN(C)CC2)nc2ccccc2c1=O. The van der Waals surface area contributed by atoms with E-state index in [1.54, 1.807) is 4.57 Å². The van der Waals surface area contributed by atoms with Crippen molar-refractivity contribution in [3.8, 4) is 0 Å². The van der Waals surface area contributed by atoms with E-state index in [4.69, 9.17) is 4.98 Å². The fraction of sp³-hybridized carbons (Fsp3) is 0.500. The van der Waals surface area contributed by atoms with Gasteiger partial charge < -0.3 is 4.90 Å². The van der Waals surface area contributed by atoms with Crippen LogP contribution in [0.3, 0.4) is 0 Å². The molecule has 5 heteroatoms. The average Bonchev–Trinajstić information content (AvgIpc) is 2.50. The standard InChI is InChI=1S/C16H22N4O/c1-3-20-15(12-19-10-8-18(2)9-11-19)17-14-7-5-4-6-13(14)16(20)21/h4-7H,3,8-12H2,1-2H3. The van der Waals surface area contributed by atoms with E-state index in [1.807, 2.05) is 31.2 Å². The van der Waals surface area contributed by atoms with Gasteiger partial charge in [0, 0.05) is 32.7 Å². The van der Waals surface area contributed by atoms with E-state index >= 15 is 0 Å². The summed E-state index contributed by atoms with van der Waals surface area (Å²) >= 11 is 0. The number of hydrogen-bond acceptors (Lipinski definition) is 4. The summed E-state index contributed by atoms with van der Waals surface area (Å²) in [5, 5.41) is 0.710. The zero-order valence-electron chi connectivity index (χ0n) is 12.7. The van der Waals surface area contributed by atoms with Crippen molar-refractivity contribution < 1.29 is 0 Å². The van der Waals surface area contributed by atoms with Gasteiger partial charge in [-0.2, -0.15) is 0 Å². The van der Waals surface area contributed by atoms with Crippen molar-refractivity contribution in [3.63, 3.8) is 0 Å². The second-order valence-electron chi connectivity index (χ2n) is 5.67. The van der Waals surface area contributed by atoms with Crippen LogP contribution in [0, 0.1) is 0 Å². The third-order valence-electron chi connectivity index (χ3n) is 4.22. The third-order valence-corrected chi connectivity index (χ3v) is 4.22. The lowest BCUT2D eigenvalue weighted by Crippen LogP contribution is -2.44. The molecule has 0 saturated carbocycles. The zero-order valence-corrected chi connectivity index (χ0v) is 12.7. The van der Waals surface area contributed by atoms with Crippen LogP contribution in [-0.2, 0) is 13.1 Å². The summed E-state index contributed by atoms with van der Waals surface area (Å²) in [7, 11) is 2.15. The van der Waals surface area contributed by atoms with Crippen molar-refractivity contribution in [1.29, 1.82) is 0 Å². The predicted octanol–water partition coefficient (Wildman–Crippen LogP) is 1.16. The molecule has 0 N–H and O–H groups in total. The van der Waals surface area contributed by atoms with E-state index in [0.29, 0.717) is 11.9 Å². The smallest absolute Gasteiger partial charge is 0.261 e. The molecule has 0 spiro atoms. The number of aromatic nitrogens is 2. The second-order valence-corrected chi connectivity index (χ2v) is 5.67. The van der Waals surface area contributed by atoms with Gasteiger partial charge in [-0.3, -0.25) is 14.3 Å². The minimum Gasteiger partial charge on any atom is -0.304 e. The summed E-state index contributed by atoms with van der Waals surface area (Å²) in [6, 6.07) is 7.61. The van der Waals surface area contributed by atoms with Gasteiger partial charge >= 0.3 is 0 Å². The van der Waals surface area contributed by atoms with Gasteiger partial charge in [0.25, 0.3) is 5.56 Å². The van der Waals surface area contributed by atoms with Gasteiger partial charge in [-0.05, 0) is 26.1 Å². The van der Waals surface area contributed by atoms with E-state index in [-0.39, 0.29) is 5.56 Å². The highest BCUT2D eigenvalue weighted by molar-refractivity contribution is 5.77. The van der Waals surface area contributed by atoms with Crippen LogP contribution in [0.2, 0.25) is 0 Å². The summed E-state index contributed by atoms with van der Waals surface area (Å²) in [5.41, 5.74) is 0.878. The van der Waals surface area contributed by atoms with Gasteiger partial charge in [0.1, 0.15) is 5.82 Å². The van der Waals surface area contributed by atoms with Crippen LogP contribution in [-0.4, -0.2) is 52.6 Å². The monoisotopic (exact) mass is 286 g/mol. The van der Waals surface area contributed by atoms with Gasteiger partial charge in [0.05, 0.1) is 17.4 Å². The highest BCUT2D eigenvalue weighted by Gasteiger charge is 2.17. The van der Waals surface area contributed by atoms with Crippen LogP contribution in [0.5, 0.6) is 0 Å². The second kappa shape index (κ2) is 5.95. The maximum absolute atomic E-state index is 12.6. The number of para-hydroxylation sites is 1. The highest BCUT2D eigenvalue weighted by Crippen LogP contribution is 2.11. The minimum atomic E-state index is 0.0761. The van der Waals surface area contributed by atoms with Crippen LogP contribution in [0.15, 0.2) is 29.1 Å². The Morgan fingerprint density at radius 1 is 1.14 bits per heavy atom. The van der Waals surface area contributed by atoms with Gasteiger partial charge in [-0.1, -0.05) is 12.1 Å². The van der Waals surface area contributed by atoms with Crippen LogP contribution in [0.1, 0.15) is 12.7 Å². The Kier molecular flexibility index (Phi) is 4.03. The van der Waals surface area contributed by atoms with Crippen molar-refractivity contribution in [2.45, 2.75) is 20.0 Å². The quantitative estimate of drug-likeness (QED) is 0.849. The van der Waals surface area contributed by atoms with E-state index in [9.17, 15) is 4.79 Å². The van der Waals surface area contributed by atoms with E-state index in [2.05, 4.69) is 16.8 Å². The molecule has 1 aliphatic rings. The normalized spacial score (nSPS) is 17.4.